The summed E-state index contributed by atoms with van der Waals surface area (Å²) in [5.74, 6) is -0.745. The Bertz CT molecular complexity index is 49.8. The first-order valence-corrected chi connectivity index (χ1v) is 1.49. The van der Waals surface area contributed by atoms with Gasteiger partial charge >= 0.3 is 24.8 Å². The van der Waals surface area contributed by atoms with E-state index in [1.807, 2.05) is 0 Å². The molecule has 0 aromatic rings. The van der Waals surface area contributed by atoms with Gasteiger partial charge in [-0.25, -0.2) is 0 Å². The molecule has 0 spiro atoms. The minimum absolute atomic E-state index is 0. The van der Waals surface area contributed by atoms with Gasteiger partial charge in [-0.15, -0.1) is 0 Å². The number of carboxylic acid groups (broad SMARTS) is 1. The van der Waals surface area contributed by atoms with Crippen LogP contribution in [0.25, 0.3) is 0 Å². The fourth-order valence-corrected chi connectivity index (χ4v) is 0. The van der Waals surface area contributed by atoms with Gasteiger partial charge in [-0.1, -0.05) is 6.92 Å². The van der Waals surface area contributed by atoms with E-state index in [9.17, 15) is 4.79 Å². The van der Waals surface area contributed by atoms with E-state index in [1.54, 1.807) is 6.92 Å². The molecule has 0 aromatic carbocycles. The van der Waals surface area contributed by atoms with Gasteiger partial charge in [0.25, 0.3) is 0 Å². The van der Waals surface area contributed by atoms with Crippen LogP contribution in [0.1, 0.15) is 14.8 Å². The second-order valence-corrected chi connectivity index (χ2v) is 0.747. The van der Waals surface area contributed by atoms with Crippen LogP contribution in [-0.4, -0.2) is 16.6 Å². The van der Waals surface area contributed by atoms with Crippen LogP contribution in [0.2, 0.25) is 0 Å². The van der Waals surface area contributed by atoms with Crippen molar-refractivity contribution in [3.05, 3.63) is 0 Å². The van der Waals surface area contributed by atoms with Gasteiger partial charge in [0, 0.05) is 6.42 Å². The summed E-state index contributed by atoms with van der Waals surface area (Å²) in [4.78, 5) is 9.37. The number of hydrogen-bond donors (Lipinski definition) is 1. The molecule has 0 saturated heterocycles. The van der Waals surface area contributed by atoms with Crippen molar-refractivity contribution in [2.45, 2.75) is 13.3 Å². The molecule has 7 heavy (non-hydrogen) atoms. The van der Waals surface area contributed by atoms with Crippen molar-refractivity contribution in [2.24, 2.45) is 0 Å². The van der Waals surface area contributed by atoms with E-state index in [-0.39, 0.29) is 32.2 Å². The molecule has 0 amide bonds. The number of carbonyl (C=O) groups is 1. The number of carboxylic acids is 1. The number of aliphatic carboxylic acids is 1. The average molecular weight is 100 g/mol. The topological polar surface area (TPSA) is 68.8 Å². The Morgan fingerprint density at radius 1 is 1.86 bits per heavy atom. The van der Waals surface area contributed by atoms with Gasteiger partial charge in [0.05, 0.1) is 0 Å². The third-order valence-corrected chi connectivity index (χ3v) is 0.302. The largest absolute Gasteiger partial charge is 1.00 e. The molecule has 0 saturated carbocycles. The molecule has 0 rings (SSSR count). The van der Waals surface area contributed by atoms with Crippen LogP contribution < -0.4 is 18.9 Å². The average Bonchev–Trinajstić information content (AvgIpc) is 1.38. The Labute approximate surface area is 55.7 Å². The van der Waals surface area contributed by atoms with Gasteiger partial charge in [0.2, 0.25) is 0 Å². The van der Waals surface area contributed by atoms with Crippen LogP contribution in [0.5, 0.6) is 0 Å². The molecule has 0 aliphatic heterocycles. The SMILES string of the molecule is CCC(=O)O.O.[H-].[Li+]. The van der Waals surface area contributed by atoms with E-state index in [2.05, 4.69) is 0 Å². The van der Waals surface area contributed by atoms with E-state index < -0.39 is 5.97 Å². The molecular formula is C3H9LiO3. The Morgan fingerprint density at radius 2 is 2.00 bits per heavy atom. The van der Waals surface area contributed by atoms with Crippen molar-refractivity contribution in [1.29, 1.82) is 0 Å². The number of hydrogen-bond acceptors (Lipinski definition) is 1. The molecule has 0 heterocycles. The van der Waals surface area contributed by atoms with Gasteiger partial charge in [0.15, 0.2) is 0 Å². The standard InChI is InChI=1S/C3H6O2.Li.H2O.H/c1-2-3(4)5;;;/h2H2,1H3,(H,4,5);;1H2;/q;+1;;-1. The first kappa shape index (κ1) is 15.7. The van der Waals surface area contributed by atoms with Crippen molar-refractivity contribution in [1.82, 2.24) is 0 Å². The van der Waals surface area contributed by atoms with Gasteiger partial charge in [-0.05, 0) is 0 Å². The molecule has 0 atom stereocenters. The molecule has 0 aliphatic rings. The van der Waals surface area contributed by atoms with E-state index in [0.717, 1.165) is 0 Å². The van der Waals surface area contributed by atoms with Crippen molar-refractivity contribution in [3.8, 4) is 0 Å². The molecule has 0 aliphatic carbocycles. The van der Waals surface area contributed by atoms with E-state index in [4.69, 9.17) is 5.11 Å². The van der Waals surface area contributed by atoms with E-state index in [1.165, 1.54) is 0 Å². The summed E-state index contributed by atoms with van der Waals surface area (Å²) in [5.41, 5.74) is 0. The maximum absolute atomic E-state index is 9.37. The molecule has 0 radical (unpaired) electrons. The molecule has 0 bridgehead atoms. The second-order valence-electron chi connectivity index (χ2n) is 0.747. The summed E-state index contributed by atoms with van der Waals surface area (Å²) < 4.78 is 0. The summed E-state index contributed by atoms with van der Waals surface area (Å²) >= 11 is 0. The summed E-state index contributed by atoms with van der Waals surface area (Å²) in [6, 6.07) is 0. The summed E-state index contributed by atoms with van der Waals surface area (Å²) in [6.45, 7) is 1.60. The smallest absolute Gasteiger partial charge is 1.00 e. The van der Waals surface area contributed by atoms with Crippen molar-refractivity contribution in [3.63, 3.8) is 0 Å². The van der Waals surface area contributed by atoms with E-state index >= 15 is 0 Å². The predicted octanol–water partition coefficient (Wildman–Crippen LogP) is -3.23. The molecule has 40 valence electrons. The quantitative estimate of drug-likeness (QED) is 0.352. The van der Waals surface area contributed by atoms with Gasteiger partial charge < -0.3 is 12.0 Å². The van der Waals surface area contributed by atoms with Crippen LogP contribution in [0.15, 0.2) is 0 Å². The monoisotopic (exact) mass is 100 g/mol. The Balaban J connectivity index is -0.0000000267. The first-order chi connectivity index (χ1) is 2.27. The molecule has 0 fully saturated rings. The van der Waals surface area contributed by atoms with Crippen LogP contribution in [-0.2, 0) is 4.79 Å². The van der Waals surface area contributed by atoms with Crippen molar-refractivity contribution in [2.75, 3.05) is 0 Å². The van der Waals surface area contributed by atoms with Crippen LogP contribution >= 0.6 is 0 Å². The van der Waals surface area contributed by atoms with Crippen molar-refractivity contribution < 1.29 is 35.7 Å². The second kappa shape index (κ2) is 9.39. The van der Waals surface area contributed by atoms with Gasteiger partial charge in [-0.3, -0.25) is 4.79 Å². The first-order valence-electron chi connectivity index (χ1n) is 1.49. The summed E-state index contributed by atoms with van der Waals surface area (Å²) in [6.07, 6.45) is 0.222. The molecule has 3 N–H and O–H groups in total. The third-order valence-electron chi connectivity index (χ3n) is 0.302. The predicted molar refractivity (Wildman–Crippen MR) is 22.7 cm³/mol. The fraction of sp³-hybridized carbons (Fsp3) is 0.667. The Morgan fingerprint density at radius 3 is 2.00 bits per heavy atom. The van der Waals surface area contributed by atoms with Gasteiger partial charge in [-0.2, -0.15) is 0 Å². The van der Waals surface area contributed by atoms with Crippen molar-refractivity contribution >= 4 is 5.97 Å². The minimum Gasteiger partial charge on any atom is -1.00 e. The fourth-order valence-electron chi connectivity index (χ4n) is 0. The molecular weight excluding hydrogens is 91.0 g/mol. The maximum Gasteiger partial charge on any atom is 1.00 e. The normalized spacial score (nSPS) is 5.29. The zero-order valence-electron chi connectivity index (χ0n) is 5.56. The van der Waals surface area contributed by atoms with Gasteiger partial charge in [0.1, 0.15) is 0 Å². The maximum atomic E-state index is 9.37. The molecule has 3 nitrogen and oxygen atoms in total. The zero-order valence-corrected chi connectivity index (χ0v) is 4.56. The molecule has 0 aromatic heterocycles. The van der Waals surface area contributed by atoms with Crippen LogP contribution in [0.3, 0.4) is 0 Å². The van der Waals surface area contributed by atoms with Crippen LogP contribution in [0.4, 0.5) is 0 Å². The Kier molecular flexibility index (Phi) is 21.1. The zero-order chi connectivity index (χ0) is 4.28. The van der Waals surface area contributed by atoms with Crippen LogP contribution in [0, 0.1) is 0 Å². The molecule has 4 heteroatoms. The number of rotatable bonds is 1. The summed E-state index contributed by atoms with van der Waals surface area (Å²) in [5, 5.41) is 7.72. The third kappa shape index (κ3) is 23.8. The summed E-state index contributed by atoms with van der Waals surface area (Å²) in [7, 11) is 0. The van der Waals surface area contributed by atoms with E-state index in [0.29, 0.717) is 0 Å². The Hall–Kier alpha value is 0.0274. The molecule has 0 unspecified atom stereocenters. The minimum atomic E-state index is -0.745.